The summed E-state index contributed by atoms with van der Waals surface area (Å²) in [7, 11) is 0. The molecule has 3 rings (SSSR count). The van der Waals surface area contributed by atoms with E-state index in [-0.39, 0.29) is 6.61 Å². The largest absolute Gasteiger partial charge is 0.491 e. The lowest BCUT2D eigenvalue weighted by Gasteiger charge is -2.08. The van der Waals surface area contributed by atoms with Gasteiger partial charge in [0, 0.05) is 5.56 Å². The number of hydrogen-bond donors (Lipinski definition) is 0. The second-order valence-electron chi connectivity index (χ2n) is 4.50. The summed E-state index contributed by atoms with van der Waals surface area (Å²) in [5.74, 6) is 0.729. The first-order valence-electron chi connectivity index (χ1n) is 6.43. The van der Waals surface area contributed by atoms with Crippen LogP contribution >= 0.6 is 11.3 Å². The molecule has 1 aromatic heterocycles. The van der Waals surface area contributed by atoms with Crippen molar-refractivity contribution in [2.45, 2.75) is 6.92 Å². The van der Waals surface area contributed by atoms with Crippen LogP contribution < -0.4 is 4.74 Å². The Kier molecular flexibility index (Phi) is 3.65. The maximum Gasteiger partial charge on any atom is 0.124 e. The molecule has 0 fully saturated rings. The maximum absolute atomic E-state index is 12.1. The van der Waals surface area contributed by atoms with Gasteiger partial charge in [-0.25, -0.2) is 9.37 Å². The van der Waals surface area contributed by atoms with Crippen LogP contribution in [-0.2, 0) is 0 Å². The zero-order valence-electron chi connectivity index (χ0n) is 11.1. The van der Waals surface area contributed by atoms with Crippen LogP contribution in [0, 0.1) is 6.92 Å². The number of hydrogen-bond acceptors (Lipinski definition) is 3. The fourth-order valence-electron chi connectivity index (χ4n) is 2.09. The lowest BCUT2D eigenvalue weighted by Crippen LogP contribution is -2.00. The van der Waals surface area contributed by atoms with Gasteiger partial charge in [-0.15, -0.1) is 11.3 Å². The van der Waals surface area contributed by atoms with Gasteiger partial charge in [-0.3, -0.25) is 0 Å². The Bertz CT molecular complexity index is 705. The van der Waals surface area contributed by atoms with E-state index < -0.39 is 6.67 Å². The molecule has 0 aliphatic carbocycles. The van der Waals surface area contributed by atoms with E-state index in [0.29, 0.717) is 0 Å². The first kappa shape index (κ1) is 13.1. The zero-order chi connectivity index (χ0) is 13.9. The molecule has 0 bridgehead atoms. The number of aromatic nitrogens is 1. The highest BCUT2D eigenvalue weighted by atomic mass is 32.1. The molecule has 4 heteroatoms. The third kappa shape index (κ3) is 2.51. The zero-order valence-corrected chi connectivity index (χ0v) is 11.9. The molecule has 0 saturated carbocycles. The van der Waals surface area contributed by atoms with E-state index in [1.807, 2.05) is 43.3 Å². The van der Waals surface area contributed by atoms with Crippen LogP contribution in [0.2, 0.25) is 0 Å². The summed E-state index contributed by atoms with van der Waals surface area (Å²) in [6, 6.07) is 14.0. The van der Waals surface area contributed by atoms with Crippen LogP contribution in [0.5, 0.6) is 5.75 Å². The van der Waals surface area contributed by atoms with Gasteiger partial charge in [-0.1, -0.05) is 12.1 Å². The molecule has 0 unspecified atom stereocenters. The van der Waals surface area contributed by atoms with Crippen molar-refractivity contribution in [3.8, 4) is 16.3 Å². The number of rotatable bonds is 4. The number of benzene rings is 2. The Morgan fingerprint density at radius 1 is 1.20 bits per heavy atom. The van der Waals surface area contributed by atoms with Crippen LogP contribution in [0.3, 0.4) is 0 Å². The summed E-state index contributed by atoms with van der Waals surface area (Å²) in [4.78, 5) is 4.63. The predicted molar refractivity (Wildman–Crippen MR) is 81.3 cm³/mol. The number of thiazole rings is 1. The summed E-state index contributed by atoms with van der Waals surface area (Å²) in [6.07, 6.45) is 0. The van der Waals surface area contributed by atoms with E-state index >= 15 is 0 Å². The molecule has 0 radical (unpaired) electrons. The minimum Gasteiger partial charge on any atom is -0.491 e. The number of aryl methyl sites for hydroxylation is 1. The van der Waals surface area contributed by atoms with E-state index in [0.717, 1.165) is 27.4 Å². The molecule has 0 N–H and O–H groups in total. The van der Waals surface area contributed by atoms with Crippen molar-refractivity contribution < 1.29 is 9.13 Å². The van der Waals surface area contributed by atoms with Crippen LogP contribution in [0.15, 0.2) is 42.5 Å². The molecular formula is C16H14FNOS. The third-order valence-corrected chi connectivity index (χ3v) is 4.14. The Morgan fingerprint density at radius 3 is 2.80 bits per heavy atom. The van der Waals surface area contributed by atoms with Gasteiger partial charge in [-0.2, -0.15) is 0 Å². The van der Waals surface area contributed by atoms with Crippen molar-refractivity contribution in [1.29, 1.82) is 0 Å². The van der Waals surface area contributed by atoms with Crippen molar-refractivity contribution in [1.82, 2.24) is 4.98 Å². The monoisotopic (exact) mass is 287 g/mol. The smallest absolute Gasteiger partial charge is 0.124 e. The highest BCUT2D eigenvalue weighted by Crippen LogP contribution is 2.32. The Morgan fingerprint density at radius 2 is 2.05 bits per heavy atom. The molecule has 20 heavy (non-hydrogen) atoms. The molecule has 3 aromatic rings. The fraction of sp³-hybridized carbons (Fsp3) is 0.188. The van der Waals surface area contributed by atoms with E-state index in [2.05, 4.69) is 11.1 Å². The second-order valence-corrected chi connectivity index (χ2v) is 5.54. The quantitative estimate of drug-likeness (QED) is 0.698. The molecule has 0 aliphatic rings. The average Bonchev–Trinajstić information content (AvgIpc) is 2.90. The lowest BCUT2D eigenvalue weighted by molar-refractivity contribution is 0.272. The van der Waals surface area contributed by atoms with Gasteiger partial charge in [0.1, 0.15) is 24.0 Å². The molecule has 0 spiro atoms. The van der Waals surface area contributed by atoms with E-state index in [4.69, 9.17) is 4.74 Å². The van der Waals surface area contributed by atoms with Crippen LogP contribution in [-0.4, -0.2) is 18.3 Å². The van der Waals surface area contributed by atoms with Crippen LogP contribution in [0.4, 0.5) is 4.39 Å². The predicted octanol–water partition coefficient (Wildman–Crippen LogP) is 4.62. The molecule has 0 aliphatic heterocycles. The van der Waals surface area contributed by atoms with E-state index in [1.165, 1.54) is 4.70 Å². The second kappa shape index (κ2) is 5.59. The van der Waals surface area contributed by atoms with Gasteiger partial charge in [0.2, 0.25) is 0 Å². The summed E-state index contributed by atoms with van der Waals surface area (Å²) in [6.45, 7) is 1.59. The molecule has 2 nitrogen and oxygen atoms in total. The molecule has 1 heterocycles. The van der Waals surface area contributed by atoms with Gasteiger partial charge in [-0.05, 0) is 42.8 Å². The summed E-state index contributed by atoms with van der Waals surface area (Å²) in [5.41, 5.74) is 3.08. The number of nitrogens with zero attached hydrogens (tertiary/aromatic N) is 1. The van der Waals surface area contributed by atoms with Crippen molar-refractivity contribution in [2.75, 3.05) is 13.3 Å². The number of fused-ring (bicyclic) bond motifs is 1. The van der Waals surface area contributed by atoms with Gasteiger partial charge in [0.05, 0.1) is 10.2 Å². The number of alkyl halides is 1. The molecule has 0 amide bonds. The van der Waals surface area contributed by atoms with Crippen LogP contribution in [0.1, 0.15) is 5.56 Å². The Labute approximate surface area is 120 Å². The molecule has 102 valence electrons. The van der Waals surface area contributed by atoms with E-state index in [1.54, 1.807) is 11.3 Å². The first-order chi connectivity index (χ1) is 9.78. The summed E-state index contributed by atoms with van der Waals surface area (Å²) in [5, 5.41) is 0.992. The summed E-state index contributed by atoms with van der Waals surface area (Å²) < 4.78 is 18.7. The van der Waals surface area contributed by atoms with Crippen molar-refractivity contribution in [3.63, 3.8) is 0 Å². The number of para-hydroxylation sites is 1. The van der Waals surface area contributed by atoms with Crippen molar-refractivity contribution in [3.05, 3.63) is 48.0 Å². The minimum absolute atomic E-state index is 0.0985. The minimum atomic E-state index is -0.473. The maximum atomic E-state index is 12.1. The van der Waals surface area contributed by atoms with Crippen molar-refractivity contribution in [2.24, 2.45) is 0 Å². The third-order valence-electron chi connectivity index (χ3n) is 3.05. The molecule has 0 saturated heterocycles. The van der Waals surface area contributed by atoms with Gasteiger partial charge < -0.3 is 4.74 Å². The first-order valence-corrected chi connectivity index (χ1v) is 7.25. The molecular weight excluding hydrogens is 273 g/mol. The van der Waals surface area contributed by atoms with Gasteiger partial charge >= 0.3 is 0 Å². The topological polar surface area (TPSA) is 22.1 Å². The average molecular weight is 287 g/mol. The lowest BCUT2D eigenvalue weighted by atomic mass is 10.1. The number of ether oxygens (including phenoxy) is 1. The normalized spacial score (nSPS) is 10.9. The van der Waals surface area contributed by atoms with Gasteiger partial charge in [0.25, 0.3) is 0 Å². The standard InChI is InChI=1S/C16H14FNOS/c1-11-10-12(6-7-14(11)19-9-8-17)16-18-13-4-2-3-5-15(13)20-16/h2-7,10H,8-9H2,1H3. The Hall–Kier alpha value is -1.94. The van der Waals surface area contributed by atoms with E-state index in [9.17, 15) is 4.39 Å². The Balaban J connectivity index is 1.95. The highest BCUT2D eigenvalue weighted by Gasteiger charge is 2.08. The fourth-order valence-corrected chi connectivity index (χ4v) is 3.05. The van der Waals surface area contributed by atoms with Crippen molar-refractivity contribution >= 4 is 21.6 Å². The molecule has 0 atom stereocenters. The summed E-state index contributed by atoms with van der Waals surface area (Å²) >= 11 is 1.67. The van der Waals surface area contributed by atoms with Gasteiger partial charge in [0.15, 0.2) is 0 Å². The van der Waals surface area contributed by atoms with Crippen LogP contribution in [0.25, 0.3) is 20.8 Å². The molecule has 2 aromatic carbocycles. The number of halogens is 1. The SMILES string of the molecule is Cc1cc(-c2nc3ccccc3s2)ccc1OCCF. The highest BCUT2D eigenvalue weighted by molar-refractivity contribution is 7.21.